The van der Waals surface area contributed by atoms with Gasteiger partial charge in [-0.05, 0) is 54.6 Å². The van der Waals surface area contributed by atoms with Crippen molar-refractivity contribution in [1.29, 1.82) is 0 Å². The summed E-state index contributed by atoms with van der Waals surface area (Å²) in [5.41, 5.74) is 0.168. The zero-order valence-corrected chi connectivity index (χ0v) is 18.8. The molecule has 0 spiro atoms. The Bertz CT molecular complexity index is 1370. The number of aromatic nitrogens is 1. The zero-order chi connectivity index (χ0) is 24.9. The standard InChI is InChI=1S/C22H18N4O7S/c1-14(27)26(21-5-3-4-12-23-21)34(31,32)18-9-6-16(7-10-18)24-25-17-8-11-20(33-15(2)28)19(13-17)22(29)30/h3-13H,1-2H3,(H,29,30). The van der Waals surface area contributed by atoms with Crippen molar-refractivity contribution in [3.8, 4) is 5.75 Å². The molecule has 3 rings (SSSR count). The molecule has 0 saturated heterocycles. The first-order chi connectivity index (χ1) is 16.1. The van der Waals surface area contributed by atoms with Crippen LogP contribution in [0.1, 0.15) is 24.2 Å². The van der Waals surface area contributed by atoms with E-state index in [0.29, 0.717) is 4.31 Å². The maximum atomic E-state index is 13.0. The third-order valence-electron chi connectivity index (χ3n) is 4.25. The summed E-state index contributed by atoms with van der Waals surface area (Å²) < 4.78 is 31.4. The number of sulfonamides is 1. The van der Waals surface area contributed by atoms with Crippen molar-refractivity contribution in [1.82, 2.24) is 4.98 Å². The minimum atomic E-state index is -4.22. The van der Waals surface area contributed by atoms with Gasteiger partial charge in [0.05, 0.1) is 16.3 Å². The van der Waals surface area contributed by atoms with Crippen molar-refractivity contribution in [3.05, 3.63) is 72.4 Å². The van der Waals surface area contributed by atoms with Gasteiger partial charge in [0, 0.05) is 20.0 Å². The molecule has 12 heteroatoms. The summed E-state index contributed by atoms with van der Waals surface area (Å²) in [6, 6.07) is 13.7. The van der Waals surface area contributed by atoms with E-state index >= 15 is 0 Å². The predicted molar refractivity (Wildman–Crippen MR) is 120 cm³/mol. The first-order valence-corrected chi connectivity index (χ1v) is 11.1. The van der Waals surface area contributed by atoms with E-state index in [-0.39, 0.29) is 33.4 Å². The van der Waals surface area contributed by atoms with E-state index in [0.717, 1.165) is 13.8 Å². The number of nitrogens with zero attached hydrogens (tertiary/aromatic N) is 4. The first kappa shape index (κ1) is 24.2. The van der Waals surface area contributed by atoms with Gasteiger partial charge in [-0.25, -0.2) is 18.2 Å². The van der Waals surface area contributed by atoms with Crippen LogP contribution in [0.2, 0.25) is 0 Å². The summed E-state index contributed by atoms with van der Waals surface area (Å²) in [5.74, 6) is -2.88. The van der Waals surface area contributed by atoms with E-state index in [1.807, 2.05) is 0 Å². The number of carbonyl (C=O) groups excluding carboxylic acids is 2. The van der Waals surface area contributed by atoms with E-state index in [2.05, 4.69) is 15.2 Å². The summed E-state index contributed by atoms with van der Waals surface area (Å²) in [5, 5.41) is 17.2. The number of azo groups is 1. The van der Waals surface area contributed by atoms with Gasteiger partial charge in [0.25, 0.3) is 10.0 Å². The van der Waals surface area contributed by atoms with E-state index in [1.54, 1.807) is 12.1 Å². The third-order valence-corrected chi connectivity index (χ3v) is 6.04. The van der Waals surface area contributed by atoms with Crippen molar-refractivity contribution in [2.24, 2.45) is 10.2 Å². The van der Waals surface area contributed by atoms with Crippen molar-refractivity contribution in [2.75, 3.05) is 4.31 Å². The maximum Gasteiger partial charge on any atom is 0.339 e. The molecule has 2 aromatic carbocycles. The number of aromatic carboxylic acids is 1. The Balaban J connectivity index is 1.86. The topological polar surface area (TPSA) is 156 Å². The fourth-order valence-corrected chi connectivity index (χ4v) is 4.21. The molecule has 174 valence electrons. The SMILES string of the molecule is CC(=O)Oc1ccc(N=Nc2ccc(S(=O)(=O)N(C(C)=O)c3ccccn3)cc2)cc1C(=O)O. The number of hydrogen-bond donors (Lipinski definition) is 1. The van der Waals surface area contributed by atoms with Crippen LogP contribution in [0.15, 0.2) is 82.0 Å². The molecular weight excluding hydrogens is 464 g/mol. The van der Waals surface area contributed by atoms with Gasteiger partial charge in [-0.1, -0.05) is 6.07 Å². The van der Waals surface area contributed by atoms with Crippen molar-refractivity contribution < 1.29 is 32.6 Å². The average molecular weight is 482 g/mol. The average Bonchev–Trinajstić information content (AvgIpc) is 2.78. The molecule has 1 N–H and O–H groups in total. The Labute approximate surface area is 194 Å². The number of carboxylic acid groups (broad SMARTS) is 1. The molecule has 0 fully saturated rings. The van der Waals surface area contributed by atoms with Crippen LogP contribution < -0.4 is 9.04 Å². The molecule has 0 atom stereocenters. The third kappa shape index (κ3) is 5.48. The molecule has 0 radical (unpaired) electrons. The summed E-state index contributed by atoms with van der Waals surface area (Å²) in [6.45, 7) is 2.27. The second-order valence-corrected chi connectivity index (χ2v) is 8.54. The Kier molecular flexibility index (Phi) is 7.12. The Morgan fingerprint density at radius 2 is 1.59 bits per heavy atom. The number of amides is 1. The van der Waals surface area contributed by atoms with E-state index in [1.165, 1.54) is 54.7 Å². The van der Waals surface area contributed by atoms with Crippen molar-refractivity contribution in [2.45, 2.75) is 18.7 Å². The van der Waals surface area contributed by atoms with Crippen molar-refractivity contribution in [3.63, 3.8) is 0 Å². The van der Waals surface area contributed by atoms with E-state index < -0.39 is 27.9 Å². The minimum Gasteiger partial charge on any atom is -0.478 e. The highest BCUT2D eigenvalue weighted by atomic mass is 32.2. The molecule has 0 aliphatic heterocycles. The molecular formula is C22H18N4O7S. The smallest absolute Gasteiger partial charge is 0.339 e. The highest BCUT2D eigenvalue weighted by molar-refractivity contribution is 7.93. The molecule has 1 heterocycles. The van der Waals surface area contributed by atoms with Crippen LogP contribution in [0, 0.1) is 0 Å². The Morgan fingerprint density at radius 3 is 2.15 bits per heavy atom. The number of pyridine rings is 1. The van der Waals surface area contributed by atoms with Crippen LogP contribution in [0.3, 0.4) is 0 Å². The van der Waals surface area contributed by atoms with Gasteiger partial charge < -0.3 is 9.84 Å². The van der Waals surface area contributed by atoms with Crippen LogP contribution >= 0.6 is 0 Å². The number of carbonyl (C=O) groups is 3. The summed E-state index contributed by atoms with van der Waals surface area (Å²) in [4.78, 5) is 38.4. The van der Waals surface area contributed by atoms with Gasteiger partial charge in [-0.3, -0.25) is 9.59 Å². The van der Waals surface area contributed by atoms with Crippen LogP contribution in [0.5, 0.6) is 5.75 Å². The lowest BCUT2D eigenvalue weighted by atomic mass is 10.2. The van der Waals surface area contributed by atoms with E-state index in [4.69, 9.17) is 4.74 Å². The number of rotatable bonds is 7. The fraction of sp³-hybridized carbons (Fsp3) is 0.0909. The molecule has 11 nitrogen and oxygen atoms in total. The van der Waals surface area contributed by atoms with Gasteiger partial charge in [-0.15, -0.1) is 0 Å². The second-order valence-electron chi connectivity index (χ2n) is 6.75. The summed E-state index contributed by atoms with van der Waals surface area (Å²) in [7, 11) is -4.22. The van der Waals surface area contributed by atoms with Crippen LogP contribution in [-0.4, -0.2) is 36.4 Å². The lowest BCUT2D eigenvalue weighted by molar-refractivity contribution is -0.131. The number of esters is 1. The van der Waals surface area contributed by atoms with Crippen LogP contribution in [-0.2, 0) is 19.6 Å². The number of carboxylic acids is 1. The zero-order valence-electron chi connectivity index (χ0n) is 17.9. The van der Waals surface area contributed by atoms with Gasteiger partial charge in [0.2, 0.25) is 5.91 Å². The number of anilines is 1. The van der Waals surface area contributed by atoms with Gasteiger partial charge in [0.15, 0.2) is 0 Å². The molecule has 3 aromatic rings. The largest absolute Gasteiger partial charge is 0.478 e. The Morgan fingerprint density at radius 1 is 0.941 bits per heavy atom. The monoisotopic (exact) mass is 482 g/mol. The molecule has 1 amide bonds. The second kappa shape index (κ2) is 10.0. The lowest BCUT2D eigenvalue weighted by Crippen LogP contribution is -2.35. The summed E-state index contributed by atoms with van der Waals surface area (Å²) in [6.07, 6.45) is 1.37. The summed E-state index contributed by atoms with van der Waals surface area (Å²) >= 11 is 0. The molecule has 0 saturated carbocycles. The lowest BCUT2D eigenvalue weighted by Gasteiger charge is -2.19. The van der Waals surface area contributed by atoms with Crippen molar-refractivity contribution >= 4 is 45.1 Å². The van der Waals surface area contributed by atoms with Gasteiger partial charge >= 0.3 is 11.9 Å². The maximum absolute atomic E-state index is 13.0. The number of ether oxygens (including phenoxy) is 1. The van der Waals surface area contributed by atoms with Gasteiger partial charge in [0.1, 0.15) is 17.1 Å². The molecule has 34 heavy (non-hydrogen) atoms. The Hall–Kier alpha value is -4.45. The first-order valence-electron chi connectivity index (χ1n) is 9.64. The highest BCUT2D eigenvalue weighted by Gasteiger charge is 2.29. The molecule has 1 aromatic heterocycles. The van der Waals surface area contributed by atoms with E-state index in [9.17, 15) is 27.9 Å². The van der Waals surface area contributed by atoms with Crippen LogP contribution in [0.4, 0.5) is 17.2 Å². The number of benzene rings is 2. The predicted octanol–water partition coefficient (Wildman–Crippen LogP) is 3.86. The van der Waals surface area contributed by atoms with Crippen LogP contribution in [0.25, 0.3) is 0 Å². The minimum absolute atomic E-state index is 0.0369. The molecule has 0 bridgehead atoms. The quantitative estimate of drug-likeness (QED) is 0.302. The van der Waals surface area contributed by atoms with Gasteiger partial charge in [-0.2, -0.15) is 14.5 Å². The number of hydrogen-bond acceptors (Lipinski definition) is 9. The highest BCUT2D eigenvalue weighted by Crippen LogP contribution is 2.28. The molecule has 0 unspecified atom stereocenters. The normalized spacial score (nSPS) is 11.2. The molecule has 0 aliphatic carbocycles. The fourth-order valence-electron chi connectivity index (χ4n) is 2.82. The molecule has 0 aliphatic rings.